The van der Waals surface area contributed by atoms with E-state index < -0.39 is 5.97 Å². The van der Waals surface area contributed by atoms with Gasteiger partial charge in [0.25, 0.3) is 11.8 Å². The molecule has 1 aliphatic rings. The molecule has 0 aliphatic carbocycles. The van der Waals surface area contributed by atoms with Crippen molar-refractivity contribution in [3.8, 4) is 5.75 Å². The van der Waals surface area contributed by atoms with E-state index >= 15 is 0 Å². The molecular formula is C23H22N2O5. The lowest BCUT2D eigenvalue weighted by atomic mass is 10.0. The van der Waals surface area contributed by atoms with Gasteiger partial charge >= 0.3 is 5.97 Å². The zero-order valence-electron chi connectivity index (χ0n) is 16.7. The van der Waals surface area contributed by atoms with Crippen LogP contribution in [0.4, 0.5) is 0 Å². The Morgan fingerprint density at radius 3 is 2.43 bits per heavy atom. The van der Waals surface area contributed by atoms with Gasteiger partial charge in [-0.25, -0.2) is 4.79 Å². The number of esters is 1. The first-order valence-corrected chi connectivity index (χ1v) is 9.34. The van der Waals surface area contributed by atoms with Gasteiger partial charge in [-0.15, -0.1) is 0 Å². The molecule has 7 heteroatoms. The van der Waals surface area contributed by atoms with E-state index in [1.807, 2.05) is 30.3 Å². The third-order valence-electron chi connectivity index (χ3n) is 4.47. The zero-order valence-corrected chi connectivity index (χ0v) is 16.7. The number of ether oxygens (including phenoxy) is 2. The van der Waals surface area contributed by atoms with Crippen molar-refractivity contribution in [3.63, 3.8) is 0 Å². The van der Waals surface area contributed by atoms with Crippen LogP contribution in [0.25, 0.3) is 6.08 Å². The lowest BCUT2D eigenvalue weighted by Crippen LogP contribution is -2.28. The summed E-state index contributed by atoms with van der Waals surface area (Å²) >= 11 is 0. The first kappa shape index (κ1) is 20.9. The van der Waals surface area contributed by atoms with Crippen LogP contribution < -0.4 is 15.4 Å². The van der Waals surface area contributed by atoms with Crippen molar-refractivity contribution >= 4 is 23.9 Å². The van der Waals surface area contributed by atoms with E-state index in [2.05, 4.69) is 10.6 Å². The van der Waals surface area contributed by atoms with Gasteiger partial charge in [0.05, 0.1) is 18.3 Å². The number of rotatable bonds is 7. The van der Waals surface area contributed by atoms with Gasteiger partial charge in [0.2, 0.25) is 0 Å². The molecule has 0 bridgehead atoms. The predicted molar refractivity (Wildman–Crippen MR) is 111 cm³/mol. The number of amides is 2. The van der Waals surface area contributed by atoms with Crippen molar-refractivity contribution < 1.29 is 23.9 Å². The molecule has 2 amide bonds. The molecule has 0 aromatic heterocycles. The third-order valence-corrected chi connectivity index (χ3v) is 4.47. The number of carbonyl (C=O) groups is 3. The fraction of sp³-hybridized carbons (Fsp3) is 0.174. The van der Waals surface area contributed by atoms with Gasteiger partial charge in [0.15, 0.2) is 6.61 Å². The smallest absolute Gasteiger partial charge is 0.340 e. The molecule has 0 atom stereocenters. The van der Waals surface area contributed by atoms with Crippen LogP contribution in [0.5, 0.6) is 5.75 Å². The molecule has 2 N–H and O–H groups in total. The number of nitrogens with one attached hydrogen (secondary N) is 2. The summed E-state index contributed by atoms with van der Waals surface area (Å²) in [4.78, 5) is 36.0. The van der Waals surface area contributed by atoms with Gasteiger partial charge in [-0.3, -0.25) is 9.59 Å². The van der Waals surface area contributed by atoms with Crippen molar-refractivity contribution in [2.45, 2.75) is 13.5 Å². The van der Waals surface area contributed by atoms with Gasteiger partial charge in [-0.1, -0.05) is 42.5 Å². The average Bonchev–Trinajstić information content (AvgIpc) is 3.04. The van der Waals surface area contributed by atoms with Gasteiger partial charge in [-0.2, -0.15) is 0 Å². The molecule has 0 saturated carbocycles. The van der Waals surface area contributed by atoms with E-state index in [1.165, 1.54) is 7.11 Å². The number of carbonyl (C=O) groups excluding carboxylic acids is 3. The van der Waals surface area contributed by atoms with Gasteiger partial charge in [-0.05, 0) is 36.3 Å². The van der Waals surface area contributed by atoms with Crippen molar-refractivity contribution in [1.29, 1.82) is 0 Å². The summed E-state index contributed by atoms with van der Waals surface area (Å²) in [6.07, 6.45) is 1.61. The maximum Gasteiger partial charge on any atom is 0.340 e. The molecule has 1 aliphatic heterocycles. The Hall–Kier alpha value is -3.87. The SMILES string of the molecule is COC(=O)C1=C(C)NC(=O)/C1=C/c1ccc(OCC(=O)NCc2ccccc2)cc1. The topological polar surface area (TPSA) is 93.7 Å². The quantitative estimate of drug-likeness (QED) is 0.544. The van der Waals surface area contributed by atoms with Crippen LogP contribution in [0.1, 0.15) is 18.1 Å². The molecule has 0 radical (unpaired) electrons. The molecule has 3 rings (SSSR count). The monoisotopic (exact) mass is 406 g/mol. The Bertz CT molecular complexity index is 1010. The highest BCUT2D eigenvalue weighted by atomic mass is 16.5. The largest absolute Gasteiger partial charge is 0.484 e. The molecule has 2 aromatic rings. The Labute approximate surface area is 174 Å². The van der Waals surface area contributed by atoms with Crippen molar-refractivity contribution in [3.05, 3.63) is 82.6 Å². The molecule has 1 heterocycles. The average molecular weight is 406 g/mol. The van der Waals surface area contributed by atoms with Crippen LogP contribution in [0, 0.1) is 0 Å². The highest BCUT2D eigenvalue weighted by Crippen LogP contribution is 2.25. The second-order valence-electron chi connectivity index (χ2n) is 6.62. The van der Waals surface area contributed by atoms with Crippen LogP contribution in [0.15, 0.2) is 71.4 Å². The van der Waals surface area contributed by atoms with E-state index in [-0.39, 0.29) is 29.6 Å². The zero-order chi connectivity index (χ0) is 21.5. The Morgan fingerprint density at radius 1 is 1.07 bits per heavy atom. The lowest BCUT2D eigenvalue weighted by molar-refractivity contribution is -0.136. The highest BCUT2D eigenvalue weighted by molar-refractivity contribution is 6.16. The maximum absolute atomic E-state index is 12.1. The molecule has 0 fully saturated rings. The minimum atomic E-state index is -0.571. The normalized spacial score (nSPS) is 14.5. The summed E-state index contributed by atoms with van der Waals surface area (Å²) in [6.45, 7) is 1.97. The summed E-state index contributed by atoms with van der Waals surface area (Å²) in [7, 11) is 1.27. The molecule has 154 valence electrons. The first-order valence-electron chi connectivity index (χ1n) is 9.34. The summed E-state index contributed by atoms with van der Waals surface area (Å²) in [5.74, 6) is -0.638. The van der Waals surface area contributed by atoms with Crippen LogP contribution in [-0.4, -0.2) is 31.5 Å². The number of benzene rings is 2. The second kappa shape index (κ2) is 9.56. The van der Waals surface area contributed by atoms with Crippen molar-refractivity contribution in [2.75, 3.05) is 13.7 Å². The fourth-order valence-corrected chi connectivity index (χ4v) is 2.94. The Morgan fingerprint density at radius 2 is 1.77 bits per heavy atom. The van der Waals surface area contributed by atoms with E-state index in [1.54, 1.807) is 37.3 Å². The third kappa shape index (κ3) is 5.14. The van der Waals surface area contributed by atoms with Crippen LogP contribution in [0.3, 0.4) is 0 Å². The maximum atomic E-state index is 12.1. The molecule has 0 saturated heterocycles. The lowest BCUT2D eigenvalue weighted by Gasteiger charge is -2.08. The second-order valence-corrected chi connectivity index (χ2v) is 6.62. The van der Waals surface area contributed by atoms with Gasteiger partial charge in [0, 0.05) is 12.2 Å². The summed E-state index contributed by atoms with van der Waals surface area (Å²) < 4.78 is 10.3. The van der Waals surface area contributed by atoms with E-state index in [0.29, 0.717) is 23.6 Å². The van der Waals surface area contributed by atoms with E-state index in [4.69, 9.17) is 9.47 Å². The molecule has 0 unspecified atom stereocenters. The standard InChI is InChI=1S/C23H22N2O5/c1-15-21(23(28)29-2)19(22(27)25-15)12-16-8-10-18(11-9-16)30-14-20(26)24-13-17-6-4-3-5-7-17/h3-12H,13-14H2,1-2H3,(H,24,26)(H,25,27)/b19-12+. The van der Waals surface area contributed by atoms with E-state index in [0.717, 1.165) is 5.56 Å². The number of hydrogen-bond acceptors (Lipinski definition) is 5. The fourth-order valence-electron chi connectivity index (χ4n) is 2.94. The number of hydrogen-bond donors (Lipinski definition) is 2. The minimum Gasteiger partial charge on any atom is -0.484 e. The molecular weight excluding hydrogens is 384 g/mol. The van der Waals surface area contributed by atoms with Gasteiger partial charge < -0.3 is 20.1 Å². The Balaban J connectivity index is 1.58. The minimum absolute atomic E-state index is 0.107. The van der Waals surface area contributed by atoms with Crippen LogP contribution >= 0.6 is 0 Å². The Kier molecular flexibility index (Phi) is 6.64. The summed E-state index contributed by atoms with van der Waals surface area (Å²) in [6, 6.07) is 16.5. The highest BCUT2D eigenvalue weighted by Gasteiger charge is 2.30. The van der Waals surface area contributed by atoms with Crippen molar-refractivity contribution in [1.82, 2.24) is 10.6 Å². The first-order chi connectivity index (χ1) is 14.5. The predicted octanol–water partition coefficient (Wildman–Crippen LogP) is 2.34. The molecule has 7 nitrogen and oxygen atoms in total. The van der Waals surface area contributed by atoms with Crippen molar-refractivity contribution in [2.24, 2.45) is 0 Å². The molecule has 2 aromatic carbocycles. The van der Waals surface area contributed by atoms with Gasteiger partial charge in [0.1, 0.15) is 5.75 Å². The van der Waals surface area contributed by atoms with Crippen LogP contribution in [-0.2, 0) is 25.7 Å². The molecule has 30 heavy (non-hydrogen) atoms. The van der Waals surface area contributed by atoms with Crippen LogP contribution in [0.2, 0.25) is 0 Å². The summed E-state index contributed by atoms with van der Waals surface area (Å²) in [5.41, 5.74) is 2.64. The molecule has 0 spiro atoms. The summed E-state index contributed by atoms with van der Waals surface area (Å²) in [5, 5.41) is 5.41. The van der Waals surface area contributed by atoms with E-state index in [9.17, 15) is 14.4 Å². The number of methoxy groups -OCH3 is 1. The number of allylic oxidation sites excluding steroid dienone is 1.